The lowest BCUT2D eigenvalue weighted by molar-refractivity contribution is -0.131. The maximum absolute atomic E-state index is 12.8. The first-order valence-corrected chi connectivity index (χ1v) is 12.3. The summed E-state index contributed by atoms with van der Waals surface area (Å²) < 4.78 is 33.4. The Bertz CT molecular complexity index is 1370. The summed E-state index contributed by atoms with van der Waals surface area (Å²) in [5.41, 5.74) is 3.49. The van der Waals surface area contributed by atoms with E-state index in [4.69, 9.17) is 9.72 Å². The fourth-order valence-corrected chi connectivity index (χ4v) is 4.57. The Morgan fingerprint density at radius 2 is 1.50 bits per heavy atom. The Labute approximate surface area is 198 Å². The number of aromatic nitrogens is 2. The van der Waals surface area contributed by atoms with Crippen LogP contribution in [0.15, 0.2) is 91.1 Å². The second-order valence-electron chi connectivity index (χ2n) is 7.68. The highest BCUT2D eigenvalue weighted by atomic mass is 32.2. The van der Waals surface area contributed by atoms with Crippen molar-refractivity contribution in [1.82, 2.24) is 9.97 Å². The Morgan fingerprint density at radius 3 is 2.12 bits per heavy atom. The van der Waals surface area contributed by atoms with Gasteiger partial charge in [0.1, 0.15) is 5.75 Å². The van der Waals surface area contributed by atoms with Gasteiger partial charge in [-0.2, -0.15) is 0 Å². The van der Waals surface area contributed by atoms with Gasteiger partial charge in [0.25, 0.3) is 0 Å². The number of sulfonamides is 1. The molecule has 0 fully saturated rings. The molecule has 0 aliphatic rings. The van der Waals surface area contributed by atoms with Gasteiger partial charge in [0.05, 0.1) is 23.3 Å². The number of anilines is 1. The number of hydrogen-bond acceptors (Lipinski definition) is 6. The van der Waals surface area contributed by atoms with E-state index in [0.717, 1.165) is 11.1 Å². The van der Waals surface area contributed by atoms with Gasteiger partial charge in [-0.05, 0) is 35.4 Å². The summed E-state index contributed by atoms with van der Waals surface area (Å²) in [7, 11) is -3.70. The van der Waals surface area contributed by atoms with Crippen molar-refractivity contribution in [1.29, 1.82) is 0 Å². The molecular weight excluding hydrogens is 450 g/mol. The lowest BCUT2D eigenvalue weighted by atomic mass is 10.1. The highest BCUT2D eigenvalue weighted by Crippen LogP contribution is 2.25. The standard InChI is InChI=1S/C26H23N3O4S/c1-19(30)33-23-14-12-22(13-15-23)25-17-27-26(24(28-25)16-20-8-4-2-5-9-20)29-34(31,32)18-21-10-6-3-7-11-21/h2-15,17H,16,18H2,1H3,(H,27,29). The van der Waals surface area contributed by atoms with Gasteiger partial charge in [-0.25, -0.2) is 18.4 Å². The van der Waals surface area contributed by atoms with Crippen LogP contribution in [0.1, 0.15) is 23.7 Å². The van der Waals surface area contributed by atoms with Gasteiger partial charge in [-0.3, -0.25) is 9.52 Å². The number of carbonyl (C=O) groups excluding carboxylic acids is 1. The van der Waals surface area contributed by atoms with Crippen molar-refractivity contribution in [3.8, 4) is 17.0 Å². The van der Waals surface area contributed by atoms with E-state index in [2.05, 4.69) is 9.71 Å². The van der Waals surface area contributed by atoms with E-state index in [1.54, 1.807) is 48.5 Å². The van der Waals surface area contributed by atoms with Gasteiger partial charge in [0.15, 0.2) is 5.82 Å². The summed E-state index contributed by atoms with van der Waals surface area (Å²) >= 11 is 0. The van der Waals surface area contributed by atoms with E-state index in [0.29, 0.717) is 29.1 Å². The molecule has 0 aliphatic heterocycles. The molecule has 1 heterocycles. The van der Waals surface area contributed by atoms with Crippen molar-refractivity contribution in [2.75, 3.05) is 4.72 Å². The molecule has 0 radical (unpaired) electrons. The summed E-state index contributed by atoms with van der Waals surface area (Å²) in [5, 5.41) is 0. The summed E-state index contributed by atoms with van der Waals surface area (Å²) in [6.45, 7) is 1.34. The van der Waals surface area contributed by atoms with Crippen LogP contribution in [0.3, 0.4) is 0 Å². The molecule has 34 heavy (non-hydrogen) atoms. The van der Waals surface area contributed by atoms with E-state index in [-0.39, 0.29) is 11.6 Å². The van der Waals surface area contributed by atoms with Crippen LogP contribution in [-0.4, -0.2) is 24.4 Å². The van der Waals surface area contributed by atoms with E-state index < -0.39 is 16.0 Å². The minimum Gasteiger partial charge on any atom is -0.427 e. The van der Waals surface area contributed by atoms with Crippen LogP contribution >= 0.6 is 0 Å². The zero-order valence-corrected chi connectivity index (χ0v) is 19.3. The van der Waals surface area contributed by atoms with Crippen molar-refractivity contribution in [2.24, 2.45) is 0 Å². The highest BCUT2D eigenvalue weighted by Gasteiger charge is 2.17. The minimum atomic E-state index is -3.70. The number of carbonyl (C=O) groups is 1. The molecule has 0 unspecified atom stereocenters. The Balaban J connectivity index is 1.65. The van der Waals surface area contributed by atoms with Crippen molar-refractivity contribution in [3.63, 3.8) is 0 Å². The molecule has 0 atom stereocenters. The first kappa shape index (κ1) is 23.1. The van der Waals surface area contributed by atoms with Crippen LogP contribution in [0.4, 0.5) is 5.82 Å². The molecule has 3 aromatic carbocycles. The molecule has 1 aromatic heterocycles. The van der Waals surface area contributed by atoms with Crippen LogP contribution in [0.25, 0.3) is 11.3 Å². The fourth-order valence-electron chi connectivity index (χ4n) is 3.40. The predicted molar refractivity (Wildman–Crippen MR) is 131 cm³/mol. The average Bonchev–Trinajstić information content (AvgIpc) is 2.81. The van der Waals surface area contributed by atoms with Crippen molar-refractivity contribution < 1.29 is 17.9 Å². The summed E-state index contributed by atoms with van der Waals surface area (Å²) in [6, 6.07) is 25.5. The van der Waals surface area contributed by atoms with Crippen molar-refractivity contribution >= 4 is 21.8 Å². The number of ether oxygens (including phenoxy) is 1. The first-order valence-electron chi connectivity index (χ1n) is 10.6. The minimum absolute atomic E-state index is 0.167. The second-order valence-corrected chi connectivity index (χ2v) is 9.40. The molecule has 7 nitrogen and oxygen atoms in total. The monoisotopic (exact) mass is 473 g/mol. The first-order chi connectivity index (χ1) is 16.4. The Kier molecular flexibility index (Phi) is 6.98. The van der Waals surface area contributed by atoms with Gasteiger partial charge in [0, 0.05) is 18.9 Å². The lowest BCUT2D eigenvalue weighted by Gasteiger charge is -2.13. The van der Waals surface area contributed by atoms with Crippen LogP contribution in [0, 0.1) is 0 Å². The summed E-state index contributed by atoms with van der Waals surface area (Å²) in [4.78, 5) is 20.3. The van der Waals surface area contributed by atoms with Gasteiger partial charge in [-0.15, -0.1) is 0 Å². The molecular formula is C26H23N3O4S. The normalized spacial score (nSPS) is 11.1. The van der Waals surface area contributed by atoms with Gasteiger partial charge >= 0.3 is 5.97 Å². The Morgan fingerprint density at radius 1 is 0.882 bits per heavy atom. The molecule has 0 saturated carbocycles. The molecule has 8 heteroatoms. The molecule has 0 bridgehead atoms. The predicted octanol–water partition coefficient (Wildman–Crippen LogP) is 4.60. The third-order valence-corrected chi connectivity index (χ3v) is 6.14. The largest absolute Gasteiger partial charge is 0.427 e. The molecule has 4 aromatic rings. The highest BCUT2D eigenvalue weighted by molar-refractivity contribution is 7.91. The molecule has 172 valence electrons. The number of benzene rings is 3. The van der Waals surface area contributed by atoms with Crippen molar-refractivity contribution in [2.45, 2.75) is 19.1 Å². The van der Waals surface area contributed by atoms with Crippen LogP contribution < -0.4 is 9.46 Å². The lowest BCUT2D eigenvalue weighted by Crippen LogP contribution is -2.18. The zero-order valence-electron chi connectivity index (χ0n) is 18.5. The molecule has 1 N–H and O–H groups in total. The molecule has 0 spiro atoms. The van der Waals surface area contributed by atoms with E-state index in [1.165, 1.54) is 13.1 Å². The molecule has 0 aliphatic carbocycles. The van der Waals surface area contributed by atoms with Crippen molar-refractivity contribution in [3.05, 3.63) is 108 Å². The maximum Gasteiger partial charge on any atom is 0.308 e. The maximum atomic E-state index is 12.8. The SMILES string of the molecule is CC(=O)Oc1ccc(-c2cnc(NS(=O)(=O)Cc3ccccc3)c(Cc3ccccc3)n2)cc1. The zero-order chi connectivity index (χ0) is 24.0. The van der Waals surface area contributed by atoms with Crippen LogP contribution in [-0.2, 0) is 27.0 Å². The quantitative estimate of drug-likeness (QED) is 0.297. The number of nitrogens with zero attached hydrogens (tertiary/aromatic N) is 2. The van der Waals surface area contributed by atoms with Gasteiger partial charge < -0.3 is 4.74 Å². The van der Waals surface area contributed by atoms with Crippen LogP contribution in [0.2, 0.25) is 0 Å². The average molecular weight is 474 g/mol. The summed E-state index contributed by atoms with van der Waals surface area (Å²) in [5.74, 6) is 0.0588. The number of rotatable bonds is 8. The van der Waals surface area contributed by atoms with Gasteiger partial charge in [-0.1, -0.05) is 60.7 Å². The van der Waals surface area contributed by atoms with Crippen LogP contribution in [0.5, 0.6) is 5.75 Å². The second kappa shape index (κ2) is 10.3. The summed E-state index contributed by atoms with van der Waals surface area (Å²) in [6.07, 6.45) is 1.92. The van der Waals surface area contributed by atoms with E-state index in [9.17, 15) is 13.2 Å². The number of esters is 1. The number of nitrogens with one attached hydrogen (secondary N) is 1. The third-order valence-electron chi connectivity index (χ3n) is 4.92. The molecule has 0 amide bonds. The number of hydrogen-bond donors (Lipinski definition) is 1. The molecule has 0 saturated heterocycles. The fraction of sp³-hybridized carbons (Fsp3) is 0.115. The topological polar surface area (TPSA) is 98.2 Å². The Hall–Kier alpha value is -4.04. The smallest absolute Gasteiger partial charge is 0.308 e. The van der Waals surface area contributed by atoms with Gasteiger partial charge in [0.2, 0.25) is 10.0 Å². The van der Waals surface area contributed by atoms with E-state index in [1.807, 2.05) is 36.4 Å². The molecule has 4 rings (SSSR count). The van der Waals surface area contributed by atoms with E-state index >= 15 is 0 Å². The third kappa shape index (κ3) is 6.26.